The Hall–Kier alpha value is -2.82. The van der Waals surface area contributed by atoms with Crippen LogP contribution in [0.3, 0.4) is 0 Å². The van der Waals surface area contributed by atoms with Gasteiger partial charge in [-0.15, -0.1) is 15.0 Å². The monoisotopic (exact) mass is 448 g/mol. The van der Waals surface area contributed by atoms with Gasteiger partial charge in [0.05, 0.1) is 19.4 Å². The number of hydrogen-bond acceptors (Lipinski definition) is 6. The molecule has 0 saturated carbocycles. The minimum absolute atomic E-state index is 0.124. The van der Waals surface area contributed by atoms with E-state index in [0.717, 1.165) is 11.3 Å². The highest BCUT2D eigenvalue weighted by atomic mass is 35.5. The number of carbonyl (C=O) groups is 1. The summed E-state index contributed by atoms with van der Waals surface area (Å²) < 4.78 is 16.6. The molecule has 1 unspecified atom stereocenters. The number of nitrogens with one attached hydrogen (secondary N) is 2. The van der Waals surface area contributed by atoms with Crippen molar-refractivity contribution in [2.24, 2.45) is 0 Å². The average Bonchev–Trinajstić information content (AvgIpc) is 3.17. The van der Waals surface area contributed by atoms with Crippen molar-refractivity contribution in [2.45, 2.75) is 18.3 Å². The Morgan fingerprint density at radius 2 is 1.93 bits per heavy atom. The summed E-state index contributed by atoms with van der Waals surface area (Å²) >= 11 is 4.75. The fraction of sp³-hybridized carbons (Fsp3) is 0.263. The normalized spacial score (nSPS) is 12.8. The molecule has 0 fully saturated rings. The molecule has 3 aromatic rings. The van der Waals surface area contributed by atoms with Crippen molar-refractivity contribution < 1.29 is 14.1 Å². The first-order chi connectivity index (χ1) is 14.4. The van der Waals surface area contributed by atoms with Crippen molar-refractivity contribution in [1.82, 2.24) is 25.5 Å². The van der Waals surface area contributed by atoms with Gasteiger partial charge in [-0.1, -0.05) is 23.7 Å². The number of aromatic nitrogens is 4. The molecule has 158 valence electrons. The molecule has 0 aliphatic carbocycles. The third kappa shape index (κ3) is 6.34. The van der Waals surface area contributed by atoms with Crippen molar-refractivity contribution in [1.29, 1.82) is 0 Å². The second-order valence-corrected chi connectivity index (χ2v) is 8.27. The topological polar surface area (TPSA) is 117 Å². The fourth-order valence-corrected chi connectivity index (χ4v) is 3.24. The molecule has 2 atom stereocenters. The van der Waals surface area contributed by atoms with Gasteiger partial charge < -0.3 is 19.9 Å². The Kier molecular flexibility index (Phi) is 7.50. The summed E-state index contributed by atoms with van der Waals surface area (Å²) in [5.41, 5.74) is 1.54. The largest absolute Gasteiger partial charge is 0.615 e. The molecule has 30 heavy (non-hydrogen) atoms. The van der Waals surface area contributed by atoms with Crippen LogP contribution in [0.25, 0.3) is 0 Å². The van der Waals surface area contributed by atoms with Crippen LogP contribution in [0, 0.1) is 0 Å². The van der Waals surface area contributed by atoms with E-state index < -0.39 is 23.2 Å². The van der Waals surface area contributed by atoms with Crippen LogP contribution in [-0.2, 0) is 23.5 Å². The van der Waals surface area contributed by atoms with Crippen molar-refractivity contribution >= 4 is 34.5 Å². The van der Waals surface area contributed by atoms with Crippen molar-refractivity contribution in [3.05, 3.63) is 64.9 Å². The lowest BCUT2D eigenvalue weighted by Crippen LogP contribution is -2.34. The summed E-state index contributed by atoms with van der Waals surface area (Å²) in [5, 5.41) is 18.4. The predicted octanol–water partition coefficient (Wildman–Crippen LogP) is 2.78. The van der Waals surface area contributed by atoms with Crippen molar-refractivity contribution in [3.63, 3.8) is 0 Å². The van der Waals surface area contributed by atoms with Gasteiger partial charge in [0.15, 0.2) is 5.82 Å². The number of amides is 2. The molecule has 9 nitrogen and oxygen atoms in total. The first-order valence-electron chi connectivity index (χ1n) is 8.96. The minimum Gasteiger partial charge on any atom is -0.615 e. The molecular weight excluding hydrogens is 428 g/mol. The summed E-state index contributed by atoms with van der Waals surface area (Å²) in [5.74, 6) is 1.18. The van der Waals surface area contributed by atoms with Crippen LogP contribution in [0.1, 0.15) is 17.4 Å². The number of hydrogen-bond donors (Lipinski definition) is 2. The van der Waals surface area contributed by atoms with Gasteiger partial charge in [-0.3, -0.25) is 0 Å². The number of nitrogens with zero attached hydrogens (tertiary/aromatic N) is 4. The standard InChI is InChI=1S/C19H21ClN6O3S/c1-29-16-9-3-13(4-10-16)11-17(18-23-25-26(24-18)12-30(2)28)22-19(27)21-15-7-5-14(20)6-8-15/h3-10,17H,11-12H2,1-2H3,(H2,21,22,27)/t17-,30?/m0/s1. The minimum atomic E-state index is -1.12. The molecule has 3 rings (SSSR count). The Labute approximate surface area is 181 Å². The summed E-state index contributed by atoms with van der Waals surface area (Å²) in [6, 6.07) is 13.3. The third-order valence-corrected chi connectivity index (χ3v) is 4.93. The van der Waals surface area contributed by atoms with E-state index in [1.807, 2.05) is 24.3 Å². The number of methoxy groups -OCH3 is 1. The Morgan fingerprint density at radius 1 is 1.23 bits per heavy atom. The first kappa shape index (κ1) is 21.9. The van der Waals surface area contributed by atoms with E-state index in [1.165, 1.54) is 4.80 Å². The number of carbonyl (C=O) groups excluding carboxylic acids is 1. The van der Waals surface area contributed by atoms with Gasteiger partial charge in [-0.2, -0.15) is 0 Å². The van der Waals surface area contributed by atoms with Crippen LogP contribution < -0.4 is 15.4 Å². The number of rotatable bonds is 8. The molecule has 2 aromatic carbocycles. The van der Waals surface area contributed by atoms with Crippen LogP contribution in [0.4, 0.5) is 10.5 Å². The second kappa shape index (κ2) is 10.3. The van der Waals surface area contributed by atoms with Crippen LogP contribution in [0.15, 0.2) is 48.5 Å². The Balaban J connectivity index is 1.76. The lowest BCUT2D eigenvalue weighted by Gasteiger charge is -2.16. The van der Waals surface area contributed by atoms with E-state index in [9.17, 15) is 9.35 Å². The van der Waals surface area contributed by atoms with Gasteiger partial charge in [0.25, 0.3) is 0 Å². The number of ether oxygens (including phenoxy) is 1. The third-order valence-electron chi connectivity index (χ3n) is 4.08. The van der Waals surface area contributed by atoms with Gasteiger partial charge in [0, 0.05) is 17.1 Å². The Morgan fingerprint density at radius 3 is 2.57 bits per heavy atom. The van der Waals surface area contributed by atoms with E-state index >= 15 is 0 Å². The average molecular weight is 449 g/mol. The molecule has 0 radical (unpaired) electrons. The maximum atomic E-state index is 12.5. The van der Waals surface area contributed by atoms with E-state index in [1.54, 1.807) is 37.6 Å². The number of halogens is 1. The number of urea groups is 1. The van der Waals surface area contributed by atoms with Crippen LogP contribution >= 0.6 is 11.6 Å². The fourth-order valence-electron chi connectivity index (χ4n) is 2.68. The molecule has 0 spiro atoms. The molecule has 2 N–H and O–H groups in total. The zero-order valence-electron chi connectivity index (χ0n) is 16.4. The van der Waals surface area contributed by atoms with E-state index in [-0.39, 0.29) is 5.88 Å². The van der Waals surface area contributed by atoms with Gasteiger partial charge in [-0.25, -0.2) is 4.79 Å². The zero-order valence-corrected chi connectivity index (χ0v) is 18.0. The van der Waals surface area contributed by atoms with Gasteiger partial charge in [0.2, 0.25) is 5.88 Å². The molecule has 2 amide bonds. The lowest BCUT2D eigenvalue weighted by atomic mass is 10.1. The summed E-state index contributed by atoms with van der Waals surface area (Å²) in [6.45, 7) is 0. The quantitative estimate of drug-likeness (QED) is 0.512. The maximum Gasteiger partial charge on any atom is 0.319 e. The molecule has 11 heteroatoms. The number of benzene rings is 2. The molecule has 0 aliphatic rings. The summed E-state index contributed by atoms with van der Waals surface area (Å²) in [7, 11) is 1.60. The lowest BCUT2D eigenvalue weighted by molar-refractivity contribution is 0.248. The Bertz CT molecular complexity index is 965. The molecule has 0 saturated heterocycles. The summed E-state index contributed by atoms with van der Waals surface area (Å²) in [4.78, 5) is 13.8. The number of anilines is 1. The van der Waals surface area contributed by atoms with Crippen LogP contribution in [0.5, 0.6) is 5.75 Å². The maximum absolute atomic E-state index is 12.5. The van der Waals surface area contributed by atoms with E-state index in [4.69, 9.17) is 16.3 Å². The molecule has 0 aliphatic heterocycles. The highest BCUT2D eigenvalue weighted by molar-refractivity contribution is 7.89. The molecular formula is C19H21ClN6O3S. The van der Waals surface area contributed by atoms with Crippen molar-refractivity contribution in [2.75, 3.05) is 18.7 Å². The smallest absolute Gasteiger partial charge is 0.319 e. The predicted molar refractivity (Wildman–Crippen MR) is 115 cm³/mol. The van der Waals surface area contributed by atoms with E-state index in [2.05, 4.69) is 26.0 Å². The summed E-state index contributed by atoms with van der Waals surface area (Å²) in [6.07, 6.45) is 1.98. The zero-order chi connectivity index (χ0) is 21.5. The van der Waals surface area contributed by atoms with Crippen LogP contribution in [-0.4, -0.2) is 44.2 Å². The van der Waals surface area contributed by atoms with Crippen LogP contribution in [0.2, 0.25) is 5.02 Å². The van der Waals surface area contributed by atoms with Gasteiger partial charge in [-0.05, 0) is 58.4 Å². The van der Waals surface area contributed by atoms with Gasteiger partial charge >= 0.3 is 6.03 Å². The van der Waals surface area contributed by atoms with Crippen molar-refractivity contribution in [3.8, 4) is 5.75 Å². The van der Waals surface area contributed by atoms with E-state index in [0.29, 0.717) is 23.0 Å². The molecule has 1 aromatic heterocycles. The van der Waals surface area contributed by atoms with Gasteiger partial charge in [0.1, 0.15) is 5.75 Å². The highest BCUT2D eigenvalue weighted by Gasteiger charge is 2.21. The highest BCUT2D eigenvalue weighted by Crippen LogP contribution is 2.19. The number of tetrazole rings is 1. The molecule has 0 bridgehead atoms. The second-order valence-electron chi connectivity index (χ2n) is 6.43. The molecule has 1 heterocycles. The SMILES string of the molecule is COc1ccc(C[C@H](NC(=O)Nc2ccc(Cl)cc2)c2nnn(C[S+](C)[O-])n2)cc1. The first-order valence-corrected chi connectivity index (χ1v) is 11.1.